The van der Waals surface area contributed by atoms with Gasteiger partial charge in [0.05, 0.1) is 22.1 Å². The predicted octanol–water partition coefficient (Wildman–Crippen LogP) is 7.05. The van der Waals surface area contributed by atoms with E-state index in [2.05, 4.69) is 15.3 Å². The molecule has 1 aromatic heterocycles. The minimum absolute atomic E-state index is 0.0222. The first-order valence-electron chi connectivity index (χ1n) is 15.2. The van der Waals surface area contributed by atoms with Crippen molar-refractivity contribution in [2.45, 2.75) is 32.5 Å². The van der Waals surface area contributed by atoms with E-state index < -0.39 is 63.2 Å². The summed E-state index contributed by atoms with van der Waals surface area (Å²) >= 11 is 0. The third-order valence-corrected chi connectivity index (χ3v) is 7.08. The van der Waals surface area contributed by atoms with Crippen molar-refractivity contribution < 1.29 is 47.0 Å². The van der Waals surface area contributed by atoms with E-state index in [-0.39, 0.29) is 49.0 Å². The number of benzene rings is 3. The highest BCUT2D eigenvalue weighted by atomic mass is 19.4. The number of amides is 1. The van der Waals surface area contributed by atoms with E-state index in [1.165, 1.54) is 32.3 Å². The molecule has 0 aliphatic rings. The summed E-state index contributed by atoms with van der Waals surface area (Å²) in [5.74, 6) is -4.07. The second-order valence-corrected chi connectivity index (χ2v) is 11.4. The number of nitriles is 1. The number of halogens is 3. The number of aliphatic carboxylic acids is 1. The lowest BCUT2D eigenvalue weighted by atomic mass is 10.0. The van der Waals surface area contributed by atoms with Crippen LogP contribution in [0.5, 0.6) is 29.1 Å². The van der Waals surface area contributed by atoms with E-state index in [1.54, 1.807) is 6.92 Å². The van der Waals surface area contributed by atoms with Crippen LogP contribution in [0.4, 0.5) is 24.7 Å². The van der Waals surface area contributed by atoms with Gasteiger partial charge in [-0.05, 0) is 48.2 Å². The lowest BCUT2D eigenvalue weighted by molar-refractivity contribution is -0.385. The van der Waals surface area contributed by atoms with Gasteiger partial charge >= 0.3 is 29.7 Å². The minimum atomic E-state index is -4.92. The molecular formula is C34H31F3N6O8. The molecule has 266 valence electrons. The number of carboxylic acid groups (broad SMARTS) is 1. The smallest absolute Gasteiger partial charge is 0.416 e. The first kappa shape index (κ1) is 37.4. The second-order valence-electron chi connectivity index (χ2n) is 11.4. The van der Waals surface area contributed by atoms with Crippen LogP contribution in [0.25, 0.3) is 0 Å². The molecule has 4 rings (SSSR count). The fraction of sp³-hybridized carbons (Fsp3) is 0.265. The van der Waals surface area contributed by atoms with Gasteiger partial charge in [0.15, 0.2) is 11.5 Å². The summed E-state index contributed by atoms with van der Waals surface area (Å²) in [6, 6.07) is 16.8. The number of anilines is 1. The Morgan fingerprint density at radius 2 is 1.78 bits per heavy atom. The number of nitro groups is 1. The Kier molecular flexibility index (Phi) is 12.0. The lowest BCUT2D eigenvalue weighted by Gasteiger charge is -2.17. The van der Waals surface area contributed by atoms with Gasteiger partial charge < -0.3 is 29.5 Å². The number of aromatic nitrogens is 2. The summed E-state index contributed by atoms with van der Waals surface area (Å²) in [7, 11) is 2.66. The van der Waals surface area contributed by atoms with E-state index in [1.807, 2.05) is 36.4 Å². The van der Waals surface area contributed by atoms with Crippen molar-refractivity contribution in [1.82, 2.24) is 14.9 Å². The average molecular weight is 709 g/mol. The SMILES string of the molecule is CC(CCNc1nc(Oc2cc(C#N)ccc2OCc2ccccc2)nc(Oc2cc(C(=O)N(C)C)cc(C(F)(F)F)c2)c1[N+](=O)[O-])CC(=O)O. The molecule has 0 spiro atoms. The third-order valence-electron chi connectivity index (χ3n) is 7.08. The van der Waals surface area contributed by atoms with E-state index in [0.717, 1.165) is 16.5 Å². The zero-order valence-electron chi connectivity index (χ0n) is 27.4. The zero-order chi connectivity index (χ0) is 37.3. The van der Waals surface area contributed by atoms with Gasteiger partial charge in [-0.2, -0.15) is 28.4 Å². The number of carbonyl (C=O) groups is 2. The van der Waals surface area contributed by atoms with Gasteiger partial charge in [0, 0.05) is 38.7 Å². The Morgan fingerprint density at radius 3 is 2.41 bits per heavy atom. The Balaban J connectivity index is 1.81. The summed E-state index contributed by atoms with van der Waals surface area (Å²) < 4.78 is 59.0. The van der Waals surface area contributed by atoms with Gasteiger partial charge in [-0.25, -0.2) is 0 Å². The van der Waals surface area contributed by atoms with Crippen molar-refractivity contribution in [3.63, 3.8) is 0 Å². The maximum Gasteiger partial charge on any atom is 0.416 e. The molecule has 1 heterocycles. The number of nitrogens with one attached hydrogen (secondary N) is 1. The van der Waals surface area contributed by atoms with Crippen molar-refractivity contribution in [3.05, 3.63) is 99.1 Å². The molecule has 1 amide bonds. The predicted molar refractivity (Wildman–Crippen MR) is 175 cm³/mol. The number of nitrogens with zero attached hydrogens (tertiary/aromatic N) is 5. The van der Waals surface area contributed by atoms with Crippen molar-refractivity contribution in [2.75, 3.05) is 26.0 Å². The summed E-state index contributed by atoms with van der Waals surface area (Å²) in [5, 5.41) is 33.7. The molecule has 51 heavy (non-hydrogen) atoms. The molecule has 0 radical (unpaired) electrons. The summed E-state index contributed by atoms with van der Waals surface area (Å²) in [5.41, 5.74) is -1.64. The number of rotatable bonds is 15. The van der Waals surface area contributed by atoms with Crippen LogP contribution in [-0.4, -0.2) is 57.4 Å². The molecule has 14 nitrogen and oxygen atoms in total. The number of alkyl halides is 3. The number of carbonyl (C=O) groups excluding carboxylic acids is 1. The van der Waals surface area contributed by atoms with Crippen LogP contribution in [0.2, 0.25) is 0 Å². The highest BCUT2D eigenvalue weighted by Crippen LogP contribution is 2.41. The first-order valence-corrected chi connectivity index (χ1v) is 15.2. The van der Waals surface area contributed by atoms with Crippen LogP contribution in [0.1, 0.15) is 46.8 Å². The van der Waals surface area contributed by atoms with E-state index in [9.17, 15) is 38.1 Å². The molecule has 17 heteroatoms. The molecule has 3 aromatic carbocycles. The van der Waals surface area contributed by atoms with Crippen LogP contribution in [0.3, 0.4) is 0 Å². The van der Waals surface area contributed by atoms with E-state index in [4.69, 9.17) is 19.3 Å². The first-order chi connectivity index (χ1) is 24.1. The monoisotopic (exact) mass is 708 g/mol. The number of hydrogen-bond donors (Lipinski definition) is 2. The summed E-state index contributed by atoms with van der Waals surface area (Å²) in [6.07, 6.45) is -4.88. The van der Waals surface area contributed by atoms with Crippen molar-refractivity contribution in [2.24, 2.45) is 5.92 Å². The lowest BCUT2D eigenvalue weighted by Crippen LogP contribution is -2.22. The quantitative estimate of drug-likeness (QED) is 0.0946. The van der Waals surface area contributed by atoms with Crippen LogP contribution < -0.4 is 19.5 Å². The van der Waals surface area contributed by atoms with Crippen molar-refractivity contribution >= 4 is 23.4 Å². The number of hydrogen-bond acceptors (Lipinski definition) is 11. The van der Waals surface area contributed by atoms with Gasteiger partial charge in [0.2, 0.25) is 5.82 Å². The molecule has 0 bridgehead atoms. The summed E-state index contributed by atoms with van der Waals surface area (Å²) in [4.78, 5) is 44.4. The molecule has 0 fully saturated rings. The van der Waals surface area contributed by atoms with Crippen molar-refractivity contribution in [1.29, 1.82) is 5.26 Å². The van der Waals surface area contributed by atoms with Gasteiger partial charge in [-0.15, -0.1) is 0 Å². The van der Waals surface area contributed by atoms with Gasteiger partial charge in [0.25, 0.3) is 5.91 Å². The largest absolute Gasteiger partial charge is 0.485 e. The normalized spacial score (nSPS) is 11.5. The maximum absolute atomic E-state index is 13.9. The molecule has 0 saturated heterocycles. The zero-order valence-corrected chi connectivity index (χ0v) is 27.4. The third kappa shape index (κ3) is 10.3. The van der Waals surface area contributed by atoms with Crippen LogP contribution in [-0.2, 0) is 17.6 Å². The topological polar surface area (TPSA) is 190 Å². The van der Waals surface area contributed by atoms with Crippen molar-refractivity contribution in [3.8, 4) is 35.2 Å². The summed E-state index contributed by atoms with van der Waals surface area (Å²) in [6.45, 7) is 1.72. The Labute approximate surface area is 289 Å². The second kappa shape index (κ2) is 16.3. The van der Waals surface area contributed by atoms with E-state index >= 15 is 0 Å². The Bertz CT molecular complexity index is 1950. The fourth-order valence-corrected chi connectivity index (χ4v) is 4.58. The van der Waals surface area contributed by atoms with Gasteiger partial charge in [-0.1, -0.05) is 37.3 Å². The molecule has 1 atom stereocenters. The Hall–Kier alpha value is -6.44. The van der Waals surface area contributed by atoms with Gasteiger partial charge in [0.1, 0.15) is 12.4 Å². The number of carboxylic acids is 1. The van der Waals surface area contributed by atoms with Crippen LogP contribution >= 0.6 is 0 Å². The Morgan fingerprint density at radius 1 is 1.06 bits per heavy atom. The average Bonchev–Trinajstić information content (AvgIpc) is 3.06. The molecule has 2 N–H and O–H groups in total. The molecule has 0 saturated carbocycles. The van der Waals surface area contributed by atoms with Crippen LogP contribution in [0, 0.1) is 27.4 Å². The minimum Gasteiger partial charge on any atom is -0.485 e. The molecule has 4 aromatic rings. The highest BCUT2D eigenvalue weighted by Gasteiger charge is 2.34. The molecule has 0 aliphatic carbocycles. The van der Waals surface area contributed by atoms with Crippen LogP contribution in [0.15, 0.2) is 66.7 Å². The highest BCUT2D eigenvalue weighted by molar-refractivity contribution is 5.94. The number of ether oxygens (including phenoxy) is 3. The van der Waals surface area contributed by atoms with E-state index in [0.29, 0.717) is 12.1 Å². The van der Waals surface area contributed by atoms with Gasteiger partial charge in [-0.3, -0.25) is 19.7 Å². The standard InChI is InChI=1S/C34H31F3N6O8/c1-20(13-28(44)45)11-12-39-30-29(43(47)48)31(50-25-16-23(32(46)42(2)3)15-24(17-25)34(35,36)37)41-33(40-30)51-27-14-22(18-38)9-10-26(27)49-19-21-7-5-4-6-8-21/h4-10,14-17,20H,11-13,19H2,1-3H3,(H,44,45)(H,39,40,41). The molecular weight excluding hydrogens is 677 g/mol. The fourth-order valence-electron chi connectivity index (χ4n) is 4.58. The molecule has 0 aliphatic heterocycles. The maximum atomic E-state index is 13.9. The molecule has 1 unspecified atom stereocenters.